The first-order valence-electron chi connectivity index (χ1n) is 7.96. The quantitative estimate of drug-likeness (QED) is 0.435. The first kappa shape index (κ1) is 18.4. The van der Waals surface area contributed by atoms with Gasteiger partial charge in [-0.05, 0) is 30.2 Å². The molecule has 1 amide bonds. The normalized spacial score (nSPS) is 10.3. The van der Waals surface area contributed by atoms with Crippen molar-refractivity contribution in [3.63, 3.8) is 0 Å². The van der Waals surface area contributed by atoms with Gasteiger partial charge < -0.3 is 15.4 Å². The summed E-state index contributed by atoms with van der Waals surface area (Å²) in [4.78, 5) is 23.1. The number of non-ortho nitro benzene ring substituents is 1. The molecule has 0 bridgehead atoms. The van der Waals surface area contributed by atoms with Crippen molar-refractivity contribution in [2.45, 2.75) is 13.3 Å². The minimum Gasteiger partial charge on any atom is -0.383 e. The summed E-state index contributed by atoms with van der Waals surface area (Å²) in [5.41, 5.74) is 2.35. The predicted octanol–water partition coefficient (Wildman–Crippen LogP) is 3.47. The number of nitro benzene ring substituents is 1. The van der Waals surface area contributed by atoms with E-state index in [-0.39, 0.29) is 11.3 Å². The Kier molecular flexibility index (Phi) is 6.47. The number of nitro groups is 1. The van der Waals surface area contributed by atoms with Gasteiger partial charge in [-0.2, -0.15) is 0 Å². The lowest BCUT2D eigenvalue weighted by molar-refractivity contribution is -0.384. The maximum absolute atomic E-state index is 12.6. The number of hydrogen-bond acceptors (Lipinski definition) is 5. The Balaban J connectivity index is 2.27. The number of aryl methyl sites for hydroxylation is 1. The van der Waals surface area contributed by atoms with Gasteiger partial charge in [0.05, 0.1) is 17.1 Å². The molecule has 2 N–H and O–H groups in total. The van der Waals surface area contributed by atoms with Crippen LogP contribution in [0.3, 0.4) is 0 Å². The Morgan fingerprint density at radius 1 is 1.24 bits per heavy atom. The summed E-state index contributed by atoms with van der Waals surface area (Å²) < 4.78 is 4.98. The van der Waals surface area contributed by atoms with Gasteiger partial charge in [-0.1, -0.05) is 19.1 Å². The van der Waals surface area contributed by atoms with E-state index in [4.69, 9.17) is 4.74 Å². The second-order valence-electron chi connectivity index (χ2n) is 5.41. The topological polar surface area (TPSA) is 93.5 Å². The fraction of sp³-hybridized carbons (Fsp3) is 0.278. The largest absolute Gasteiger partial charge is 0.383 e. The van der Waals surface area contributed by atoms with Gasteiger partial charge in [-0.3, -0.25) is 14.9 Å². The molecule has 0 atom stereocenters. The predicted molar refractivity (Wildman–Crippen MR) is 97.2 cm³/mol. The summed E-state index contributed by atoms with van der Waals surface area (Å²) in [6.07, 6.45) is 0.852. The maximum atomic E-state index is 12.6. The van der Waals surface area contributed by atoms with Crippen molar-refractivity contribution in [1.29, 1.82) is 0 Å². The number of methoxy groups -OCH3 is 1. The van der Waals surface area contributed by atoms with Crippen LogP contribution in [0.1, 0.15) is 22.8 Å². The van der Waals surface area contributed by atoms with Gasteiger partial charge in [-0.15, -0.1) is 0 Å². The zero-order chi connectivity index (χ0) is 18.2. The number of anilines is 2. The number of rotatable bonds is 8. The van der Waals surface area contributed by atoms with E-state index >= 15 is 0 Å². The highest BCUT2D eigenvalue weighted by molar-refractivity contribution is 6.08. The highest BCUT2D eigenvalue weighted by atomic mass is 16.6. The first-order valence-corrected chi connectivity index (χ1v) is 7.96. The van der Waals surface area contributed by atoms with Crippen molar-refractivity contribution in [3.8, 4) is 0 Å². The van der Waals surface area contributed by atoms with Gasteiger partial charge in [0.25, 0.3) is 11.6 Å². The molecule has 0 aliphatic carbocycles. The number of ether oxygens (including phenoxy) is 1. The number of hydrogen-bond donors (Lipinski definition) is 2. The van der Waals surface area contributed by atoms with Crippen molar-refractivity contribution in [2.75, 3.05) is 30.9 Å². The SMILES string of the molecule is CCc1cccc(NC(=O)c2cc([N+](=O)[O-])ccc2NCCOC)c1. The van der Waals surface area contributed by atoms with E-state index in [1.54, 1.807) is 13.2 Å². The highest BCUT2D eigenvalue weighted by Gasteiger charge is 2.17. The second kappa shape index (κ2) is 8.79. The molecule has 2 rings (SSSR count). The number of nitrogens with one attached hydrogen (secondary N) is 2. The molecule has 0 unspecified atom stereocenters. The summed E-state index contributed by atoms with van der Waals surface area (Å²) in [6, 6.07) is 11.7. The lowest BCUT2D eigenvalue weighted by Crippen LogP contribution is -2.17. The van der Waals surface area contributed by atoms with Crippen LogP contribution in [0, 0.1) is 10.1 Å². The van der Waals surface area contributed by atoms with Gasteiger partial charge in [0.1, 0.15) is 0 Å². The molecule has 0 radical (unpaired) electrons. The monoisotopic (exact) mass is 343 g/mol. The lowest BCUT2D eigenvalue weighted by atomic mass is 10.1. The van der Waals surface area contributed by atoms with Crippen LogP contribution in [0.15, 0.2) is 42.5 Å². The number of amides is 1. The van der Waals surface area contributed by atoms with Crippen molar-refractivity contribution in [3.05, 3.63) is 63.7 Å². The van der Waals surface area contributed by atoms with E-state index in [1.165, 1.54) is 18.2 Å². The van der Waals surface area contributed by atoms with Crippen molar-refractivity contribution >= 4 is 23.0 Å². The van der Waals surface area contributed by atoms with E-state index in [0.717, 1.165) is 12.0 Å². The van der Waals surface area contributed by atoms with Crippen LogP contribution < -0.4 is 10.6 Å². The molecule has 0 aliphatic heterocycles. The summed E-state index contributed by atoms with van der Waals surface area (Å²) in [5.74, 6) is -0.406. The Hall–Kier alpha value is -2.93. The van der Waals surface area contributed by atoms with E-state index in [1.807, 2.05) is 25.1 Å². The van der Waals surface area contributed by atoms with E-state index in [9.17, 15) is 14.9 Å². The molecule has 132 valence electrons. The third-order valence-corrected chi connectivity index (χ3v) is 3.67. The van der Waals surface area contributed by atoms with Gasteiger partial charge in [0, 0.05) is 37.2 Å². The molecule has 0 fully saturated rings. The molecule has 2 aromatic rings. The third kappa shape index (κ3) is 5.02. The Labute approximate surface area is 146 Å². The highest BCUT2D eigenvalue weighted by Crippen LogP contribution is 2.23. The van der Waals surface area contributed by atoms with E-state index in [2.05, 4.69) is 10.6 Å². The second-order valence-corrected chi connectivity index (χ2v) is 5.41. The van der Waals surface area contributed by atoms with Crippen LogP contribution in [0.25, 0.3) is 0 Å². The van der Waals surface area contributed by atoms with Crippen LogP contribution in [-0.2, 0) is 11.2 Å². The lowest BCUT2D eigenvalue weighted by Gasteiger charge is -2.12. The van der Waals surface area contributed by atoms with Crippen molar-refractivity contribution in [2.24, 2.45) is 0 Å². The number of carbonyl (C=O) groups is 1. The smallest absolute Gasteiger partial charge is 0.270 e. The number of nitrogens with zero attached hydrogens (tertiary/aromatic N) is 1. The van der Waals surface area contributed by atoms with Crippen LogP contribution >= 0.6 is 0 Å². The molecule has 0 saturated heterocycles. The average molecular weight is 343 g/mol. The fourth-order valence-corrected chi connectivity index (χ4v) is 2.34. The van der Waals surface area contributed by atoms with Gasteiger partial charge in [0.2, 0.25) is 0 Å². The molecule has 7 heteroatoms. The maximum Gasteiger partial charge on any atom is 0.270 e. The minimum absolute atomic E-state index is 0.134. The first-order chi connectivity index (χ1) is 12.0. The van der Waals surface area contributed by atoms with E-state index in [0.29, 0.717) is 24.5 Å². The molecular formula is C18H21N3O4. The Morgan fingerprint density at radius 2 is 2.04 bits per heavy atom. The summed E-state index contributed by atoms with van der Waals surface area (Å²) >= 11 is 0. The molecular weight excluding hydrogens is 322 g/mol. The van der Waals surface area contributed by atoms with Gasteiger partial charge in [0.15, 0.2) is 0 Å². The summed E-state index contributed by atoms with van der Waals surface area (Å²) in [5, 5.41) is 16.9. The molecule has 7 nitrogen and oxygen atoms in total. The molecule has 0 saturated carbocycles. The average Bonchev–Trinajstić information content (AvgIpc) is 2.62. The zero-order valence-electron chi connectivity index (χ0n) is 14.2. The van der Waals surface area contributed by atoms with Gasteiger partial charge >= 0.3 is 0 Å². The minimum atomic E-state index is -0.520. The zero-order valence-corrected chi connectivity index (χ0v) is 14.2. The summed E-state index contributed by atoms with van der Waals surface area (Å²) in [6.45, 7) is 2.97. The van der Waals surface area contributed by atoms with Gasteiger partial charge in [-0.25, -0.2) is 0 Å². The molecule has 2 aromatic carbocycles. The molecule has 0 heterocycles. The van der Waals surface area contributed by atoms with Crippen LogP contribution in [-0.4, -0.2) is 31.1 Å². The summed E-state index contributed by atoms with van der Waals surface area (Å²) in [7, 11) is 1.58. The van der Waals surface area contributed by atoms with Crippen molar-refractivity contribution < 1.29 is 14.5 Å². The molecule has 0 aliphatic rings. The van der Waals surface area contributed by atoms with Crippen LogP contribution in [0.4, 0.5) is 17.1 Å². The molecule has 0 spiro atoms. The van der Waals surface area contributed by atoms with Crippen molar-refractivity contribution in [1.82, 2.24) is 0 Å². The van der Waals surface area contributed by atoms with Crippen LogP contribution in [0.2, 0.25) is 0 Å². The standard InChI is InChI=1S/C18H21N3O4/c1-3-13-5-4-6-14(11-13)20-18(22)16-12-15(21(23)24)7-8-17(16)19-9-10-25-2/h4-8,11-12,19H,3,9-10H2,1-2H3,(H,20,22). The molecule has 0 aromatic heterocycles. The number of benzene rings is 2. The van der Waals surface area contributed by atoms with E-state index < -0.39 is 10.8 Å². The fourth-order valence-electron chi connectivity index (χ4n) is 2.34. The molecule has 25 heavy (non-hydrogen) atoms. The number of carbonyl (C=O) groups excluding carboxylic acids is 1. The Morgan fingerprint density at radius 3 is 2.72 bits per heavy atom. The van der Waals surface area contributed by atoms with Crippen LogP contribution in [0.5, 0.6) is 0 Å². The Bertz CT molecular complexity index is 762. The third-order valence-electron chi connectivity index (χ3n) is 3.67.